The van der Waals surface area contributed by atoms with Crippen molar-refractivity contribution in [3.8, 4) is 0 Å². The molecule has 0 saturated heterocycles. The zero-order valence-electron chi connectivity index (χ0n) is 10.1. The topological polar surface area (TPSA) is 121 Å². The largest absolute Gasteiger partial charge is 0.477 e. The highest BCUT2D eigenvalue weighted by Gasteiger charge is 2.17. The maximum absolute atomic E-state index is 11.3. The van der Waals surface area contributed by atoms with Crippen LogP contribution in [-0.4, -0.2) is 32.7 Å². The predicted molar refractivity (Wildman–Crippen MR) is 61.7 cm³/mol. The Balaban J connectivity index is 2.82. The summed E-state index contributed by atoms with van der Waals surface area (Å²) in [4.78, 5) is 38.9. The van der Waals surface area contributed by atoms with Gasteiger partial charge in [0.2, 0.25) is 5.95 Å². The van der Waals surface area contributed by atoms with Crippen molar-refractivity contribution in [1.29, 1.82) is 0 Å². The normalized spacial score (nSPS) is 10.8. The number of rotatable bonds is 2. The van der Waals surface area contributed by atoms with Gasteiger partial charge in [-0.05, 0) is 20.8 Å². The number of H-pyrrole nitrogens is 1. The number of hydrogen-bond acceptors (Lipinski definition) is 5. The number of ether oxygens (including phenoxy) is 1. The highest BCUT2D eigenvalue weighted by molar-refractivity contribution is 5.87. The van der Waals surface area contributed by atoms with E-state index in [4.69, 9.17) is 9.84 Å². The van der Waals surface area contributed by atoms with Crippen LogP contribution in [0.1, 0.15) is 31.1 Å². The van der Waals surface area contributed by atoms with Crippen molar-refractivity contribution < 1.29 is 19.4 Å². The van der Waals surface area contributed by atoms with Crippen LogP contribution in [0.5, 0.6) is 0 Å². The second-order valence-electron chi connectivity index (χ2n) is 4.41. The van der Waals surface area contributed by atoms with Crippen molar-refractivity contribution in [1.82, 2.24) is 9.97 Å². The monoisotopic (exact) mass is 255 g/mol. The van der Waals surface area contributed by atoms with Crippen LogP contribution in [0.4, 0.5) is 10.7 Å². The highest BCUT2D eigenvalue weighted by atomic mass is 16.6. The summed E-state index contributed by atoms with van der Waals surface area (Å²) in [6.07, 6.45) is 0.0576. The molecule has 0 aliphatic carbocycles. The number of carbonyl (C=O) groups excluding carboxylic acids is 1. The summed E-state index contributed by atoms with van der Waals surface area (Å²) in [5.41, 5.74) is -2.06. The maximum Gasteiger partial charge on any atom is 0.414 e. The number of aromatic nitrogens is 2. The third-order valence-electron chi connectivity index (χ3n) is 1.65. The SMILES string of the molecule is CC(C)(C)OC(=O)Nc1ncc(C(=O)O)c(=O)[nH]1. The van der Waals surface area contributed by atoms with Crippen molar-refractivity contribution >= 4 is 18.0 Å². The van der Waals surface area contributed by atoms with Gasteiger partial charge in [0.1, 0.15) is 11.2 Å². The van der Waals surface area contributed by atoms with Crippen LogP contribution in [0.15, 0.2) is 11.0 Å². The standard InChI is InChI=1S/C10H13N3O5/c1-10(2,3)18-9(17)13-8-11-4-5(7(15)16)6(14)12-8/h4H,1-3H3,(H,15,16)(H2,11,12,13,14,17). The average Bonchev–Trinajstić information content (AvgIpc) is 2.13. The molecule has 0 radical (unpaired) electrons. The average molecular weight is 255 g/mol. The van der Waals surface area contributed by atoms with Crippen LogP contribution in [0.2, 0.25) is 0 Å². The van der Waals surface area contributed by atoms with Gasteiger partial charge in [-0.25, -0.2) is 14.6 Å². The van der Waals surface area contributed by atoms with Gasteiger partial charge in [0, 0.05) is 0 Å². The highest BCUT2D eigenvalue weighted by Crippen LogP contribution is 2.08. The van der Waals surface area contributed by atoms with Crippen molar-refractivity contribution in [2.24, 2.45) is 0 Å². The van der Waals surface area contributed by atoms with Gasteiger partial charge in [-0.1, -0.05) is 0 Å². The molecule has 3 N–H and O–H groups in total. The number of carboxylic acids is 1. The van der Waals surface area contributed by atoms with Crippen molar-refractivity contribution in [2.75, 3.05) is 5.32 Å². The van der Waals surface area contributed by atoms with E-state index in [-0.39, 0.29) is 5.95 Å². The predicted octanol–water partition coefficient (Wildman–Crippen LogP) is 0.815. The third kappa shape index (κ3) is 3.89. The molecule has 98 valence electrons. The van der Waals surface area contributed by atoms with Crippen LogP contribution in [0.25, 0.3) is 0 Å². The fraction of sp³-hybridized carbons (Fsp3) is 0.400. The molecule has 0 unspecified atom stereocenters. The summed E-state index contributed by atoms with van der Waals surface area (Å²) in [7, 11) is 0. The first kappa shape index (κ1) is 13.7. The fourth-order valence-corrected chi connectivity index (χ4v) is 1.01. The van der Waals surface area contributed by atoms with Crippen LogP contribution >= 0.6 is 0 Å². The van der Waals surface area contributed by atoms with Crippen LogP contribution in [0, 0.1) is 0 Å². The lowest BCUT2D eigenvalue weighted by Gasteiger charge is -2.19. The molecule has 1 rings (SSSR count). The quantitative estimate of drug-likeness (QED) is 0.719. The summed E-state index contributed by atoms with van der Waals surface area (Å²) >= 11 is 0. The molecule has 0 aliphatic heterocycles. The number of hydrogen-bond donors (Lipinski definition) is 3. The number of anilines is 1. The molecule has 0 fully saturated rings. The zero-order chi connectivity index (χ0) is 13.9. The van der Waals surface area contributed by atoms with E-state index in [1.54, 1.807) is 20.8 Å². The lowest BCUT2D eigenvalue weighted by atomic mass is 10.2. The maximum atomic E-state index is 11.3. The molecule has 0 spiro atoms. The molecular weight excluding hydrogens is 242 g/mol. The lowest BCUT2D eigenvalue weighted by Crippen LogP contribution is -2.29. The van der Waals surface area contributed by atoms with Crippen LogP contribution < -0.4 is 10.9 Å². The second kappa shape index (κ2) is 4.86. The first-order chi connectivity index (χ1) is 8.19. The summed E-state index contributed by atoms with van der Waals surface area (Å²) in [5.74, 6) is -1.58. The van der Waals surface area contributed by atoms with Crippen molar-refractivity contribution in [2.45, 2.75) is 26.4 Å². The van der Waals surface area contributed by atoms with Gasteiger partial charge in [0.25, 0.3) is 5.56 Å². The van der Waals surface area contributed by atoms with E-state index in [1.807, 2.05) is 0 Å². The Bertz CT molecular complexity index is 529. The number of aromatic carboxylic acids is 1. The fourth-order valence-electron chi connectivity index (χ4n) is 1.01. The van der Waals surface area contributed by atoms with E-state index in [1.165, 1.54) is 0 Å². The third-order valence-corrected chi connectivity index (χ3v) is 1.65. The van der Waals surface area contributed by atoms with Crippen molar-refractivity contribution in [3.63, 3.8) is 0 Å². The Labute approximate surface area is 102 Å². The molecule has 8 heteroatoms. The molecule has 1 aromatic rings. The first-order valence-corrected chi connectivity index (χ1v) is 5.01. The van der Waals surface area contributed by atoms with Crippen LogP contribution in [-0.2, 0) is 4.74 Å². The van der Waals surface area contributed by atoms with Gasteiger partial charge in [-0.15, -0.1) is 0 Å². The molecule has 0 atom stereocenters. The molecule has 1 heterocycles. The molecule has 0 aromatic carbocycles. The van der Waals surface area contributed by atoms with Gasteiger partial charge in [-0.2, -0.15) is 0 Å². The molecule has 0 bridgehead atoms. The Morgan fingerprint density at radius 3 is 2.50 bits per heavy atom. The molecule has 1 amide bonds. The summed E-state index contributed by atoms with van der Waals surface area (Å²) < 4.78 is 4.93. The Morgan fingerprint density at radius 1 is 1.44 bits per heavy atom. The van der Waals surface area contributed by atoms with Gasteiger partial charge in [0.05, 0.1) is 6.20 Å². The van der Waals surface area contributed by atoms with E-state index in [0.29, 0.717) is 0 Å². The number of nitrogens with zero attached hydrogens (tertiary/aromatic N) is 1. The minimum atomic E-state index is -1.40. The Hall–Kier alpha value is -2.38. The number of aromatic amines is 1. The Kier molecular flexibility index (Phi) is 3.70. The first-order valence-electron chi connectivity index (χ1n) is 5.01. The molecular formula is C10H13N3O5. The molecule has 18 heavy (non-hydrogen) atoms. The summed E-state index contributed by atoms with van der Waals surface area (Å²) in [6, 6.07) is 0. The lowest BCUT2D eigenvalue weighted by molar-refractivity contribution is 0.0633. The van der Waals surface area contributed by atoms with E-state index < -0.39 is 28.8 Å². The Morgan fingerprint density at radius 2 is 2.06 bits per heavy atom. The van der Waals surface area contributed by atoms with E-state index in [0.717, 1.165) is 6.20 Å². The van der Waals surface area contributed by atoms with E-state index >= 15 is 0 Å². The number of carbonyl (C=O) groups is 2. The molecule has 0 aliphatic rings. The van der Waals surface area contributed by atoms with Gasteiger partial charge < -0.3 is 9.84 Å². The minimum absolute atomic E-state index is 0.181. The molecule has 0 saturated carbocycles. The van der Waals surface area contributed by atoms with Gasteiger partial charge in [-0.3, -0.25) is 15.1 Å². The van der Waals surface area contributed by atoms with Crippen LogP contribution in [0.3, 0.4) is 0 Å². The molecule has 8 nitrogen and oxygen atoms in total. The molecule has 1 aromatic heterocycles. The van der Waals surface area contributed by atoms with Crippen molar-refractivity contribution in [3.05, 3.63) is 22.1 Å². The van der Waals surface area contributed by atoms with Gasteiger partial charge >= 0.3 is 12.1 Å². The van der Waals surface area contributed by atoms with E-state index in [9.17, 15) is 14.4 Å². The minimum Gasteiger partial charge on any atom is -0.477 e. The zero-order valence-corrected chi connectivity index (χ0v) is 10.1. The smallest absolute Gasteiger partial charge is 0.414 e. The van der Waals surface area contributed by atoms with Gasteiger partial charge in [0.15, 0.2) is 0 Å². The second-order valence-corrected chi connectivity index (χ2v) is 4.41. The summed E-state index contributed by atoms with van der Waals surface area (Å²) in [6.45, 7) is 5.03. The number of amides is 1. The summed E-state index contributed by atoms with van der Waals surface area (Å²) in [5, 5.41) is 10.8. The number of carboxylic acid groups (broad SMARTS) is 1. The number of nitrogens with one attached hydrogen (secondary N) is 2. The van der Waals surface area contributed by atoms with E-state index in [2.05, 4.69) is 15.3 Å².